The molecule has 0 N–H and O–H groups in total. The summed E-state index contributed by atoms with van der Waals surface area (Å²) in [7, 11) is 0. The van der Waals surface area contributed by atoms with Gasteiger partial charge in [-0.3, -0.25) is 0 Å². The Morgan fingerprint density at radius 1 is 1.00 bits per heavy atom. The smallest absolute Gasteiger partial charge is 0.136 e. The van der Waals surface area contributed by atoms with Gasteiger partial charge in [0.1, 0.15) is 11.2 Å². The number of rotatable bonds is 2. The van der Waals surface area contributed by atoms with Crippen LogP contribution in [0.1, 0.15) is 11.1 Å². The van der Waals surface area contributed by atoms with Gasteiger partial charge in [-0.1, -0.05) is 54.1 Å². The summed E-state index contributed by atoms with van der Waals surface area (Å²) in [6.07, 6.45) is 0. The Morgan fingerprint density at radius 3 is 2.35 bits per heavy atom. The molecule has 0 saturated carbocycles. The lowest BCUT2D eigenvalue weighted by atomic mass is 10.2. The largest absolute Gasteiger partial charge is 0.235 e. The van der Waals surface area contributed by atoms with Gasteiger partial charge in [-0.15, -0.1) is 0 Å². The number of hydrogen-bond acceptors (Lipinski definition) is 2. The minimum atomic E-state index is 0.383. The lowest BCUT2D eigenvalue weighted by Gasteiger charge is -2.00. The van der Waals surface area contributed by atoms with Crippen LogP contribution >= 0.6 is 11.6 Å². The third kappa shape index (κ3) is 2.72. The molecule has 2 aromatic carbocycles. The van der Waals surface area contributed by atoms with Crippen molar-refractivity contribution in [3.63, 3.8) is 0 Å². The molecular weight excluding hydrogens is 232 g/mol. The predicted octanol–water partition coefficient (Wildman–Crippen LogP) is 3.88. The standard InChI is InChI=1S/C14H9ClN2/c15-14(11-6-2-1-3-7-11)17-13-9-5-4-8-12(13)10-16/h1-9H/b17-14+. The van der Waals surface area contributed by atoms with E-state index >= 15 is 0 Å². The number of halogens is 1. The van der Waals surface area contributed by atoms with E-state index in [0.29, 0.717) is 16.4 Å². The first-order valence-electron chi connectivity index (χ1n) is 5.10. The van der Waals surface area contributed by atoms with Gasteiger partial charge in [-0.25, -0.2) is 4.99 Å². The molecule has 0 bridgehead atoms. The molecule has 0 saturated heterocycles. The van der Waals surface area contributed by atoms with E-state index in [1.165, 1.54) is 0 Å². The Bertz CT molecular complexity index is 583. The van der Waals surface area contributed by atoms with Crippen LogP contribution in [-0.4, -0.2) is 5.17 Å². The minimum absolute atomic E-state index is 0.383. The fraction of sp³-hybridized carbons (Fsp3) is 0. The maximum Gasteiger partial charge on any atom is 0.136 e. The van der Waals surface area contributed by atoms with Crippen molar-refractivity contribution in [3.05, 3.63) is 65.7 Å². The third-order valence-electron chi connectivity index (χ3n) is 2.26. The van der Waals surface area contributed by atoms with E-state index in [1.54, 1.807) is 18.2 Å². The normalized spacial score (nSPS) is 10.9. The van der Waals surface area contributed by atoms with Crippen molar-refractivity contribution >= 4 is 22.5 Å². The second-order valence-corrected chi connectivity index (χ2v) is 3.76. The molecule has 0 radical (unpaired) electrons. The van der Waals surface area contributed by atoms with Crippen molar-refractivity contribution in [1.29, 1.82) is 5.26 Å². The number of hydrogen-bond donors (Lipinski definition) is 0. The highest BCUT2D eigenvalue weighted by Crippen LogP contribution is 2.20. The van der Waals surface area contributed by atoms with Crippen molar-refractivity contribution in [2.75, 3.05) is 0 Å². The zero-order valence-electron chi connectivity index (χ0n) is 8.97. The maximum atomic E-state index is 8.94. The van der Waals surface area contributed by atoms with Crippen LogP contribution in [0.15, 0.2) is 59.6 Å². The van der Waals surface area contributed by atoms with Gasteiger partial charge in [-0.05, 0) is 12.1 Å². The molecule has 0 aromatic heterocycles. The van der Waals surface area contributed by atoms with Crippen LogP contribution in [0.4, 0.5) is 5.69 Å². The maximum absolute atomic E-state index is 8.94. The molecular formula is C14H9ClN2. The van der Waals surface area contributed by atoms with Crippen molar-refractivity contribution < 1.29 is 0 Å². The molecule has 2 rings (SSSR count). The summed E-state index contributed by atoms with van der Waals surface area (Å²) in [6, 6.07) is 18.6. The van der Waals surface area contributed by atoms with Crippen LogP contribution in [-0.2, 0) is 0 Å². The highest BCUT2D eigenvalue weighted by atomic mass is 35.5. The molecule has 0 amide bonds. The summed E-state index contributed by atoms with van der Waals surface area (Å²) in [5.41, 5.74) is 1.94. The van der Waals surface area contributed by atoms with Gasteiger partial charge < -0.3 is 0 Å². The van der Waals surface area contributed by atoms with Crippen LogP contribution in [0, 0.1) is 11.3 Å². The monoisotopic (exact) mass is 240 g/mol. The summed E-state index contributed by atoms with van der Waals surface area (Å²) >= 11 is 6.11. The average Bonchev–Trinajstić information content (AvgIpc) is 2.40. The van der Waals surface area contributed by atoms with E-state index in [9.17, 15) is 0 Å². The van der Waals surface area contributed by atoms with Gasteiger partial charge in [0.05, 0.1) is 11.3 Å². The van der Waals surface area contributed by atoms with Crippen LogP contribution in [0.2, 0.25) is 0 Å². The molecule has 3 heteroatoms. The Labute approximate surface area is 105 Å². The molecule has 0 spiro atoms. The Morgan fingerprint density at radius 2 is 1.65 bits per heavy atom. The average molecular weight is 241 g/mol. The fourth-order valence-electron chi connectivity index (χ4n) is 1.41. The van der Waals surface area contributed by atoms with E-state index in [0.717, 1.165) is 5.56 Å². The zero-order chi connectivity index (χ0) is 12.1. The molecule has 0 heterocycles. The molecule has 0 aliphatic carbocycles. The second-order valence-electron chi connectivity index (χ2n) is 3.40. The van der Waals surface area contributed by atoms with Gasteiger partial charge in [0.2, 0.25) is 0 Å². The van der Waals surface area contributed by atoms with Crippen molar-refractivity contribution in [2.24, 2.45) is 4.99 Å². The summed E-state index contributed by atoms with van der Waals surface area (Å²) in [4.78, 5) is 4.26. The number of aliphatic imine (C=N–C) groups is 1. The molecule has 0 unspecified atom stereocenters. The Kier molecular flexibility index (Phi) is 3.54. The van der Waals surface area contributed by atoms with Crippen molar-refractivity contribution in [3.8, 4) is 6.07 Å². The third-order valence-corrected chi connectivity index (χ3v) is 2.56. The van der Waals surface area contributed by atoms with Crippen LogP contribution in [0.5, 0.6) is 0 Å². The lowest BCUT2D eigenvalue weighted by molar-refractivity contribution is 1.44. The summed E-state index contributed by atoms with van der Waals surface area (Å²) in [6.45, 7) is 0. The SMILES string of the molecule is N#Cc1ccccc1/N=C(/Cl)c1ccccc1. The van der Waals surface area contributed by atoms with E-state index in [2.05, 4.69) is 11.1 Å². The molecule has 2 nitrogen and oxygen atoms in total. The lowest BCUT2D eigenvalue weighted by Crippen LogP contribution is -1.89. The Balaban J connectivity index is 2.41. The topological polar surface area (TPSA) is 36.1 Å². The fourth-order valence-corrected chi connectivity index (χ4v) is 1.63. The molecule has 0 aliphatic heterocycles. The van der Waals surface area contributed by atoms with Gasteiger partial charge in [-0.2, -0.15) is 5.26 Å². The molecule has 0 atom stereocenters. The highest BCUT2D eigenvalue weighted by Gasteiger charge is 2.02. The molecule has 82 valence electrons. The van der Waals surface area contributed by atoms with Crippen LogP contribution in [0.25, 0.3) is 0 Å². The Hall–Kier alpha value is -2.11. The van der Waals surface area contributed by atoms with Crippen molar-refractivity contribution in [1.82, 2.24) is 0 Å². The summed E-state index contributed by atoms with van der Waals surface area (Å²) < 4.78 is 0. The minimum Gasteiger partial charge on any atom is -0.235 e. The van der Waals surface area contributed by atoms with Crippen LogP contribution in [0.3, 0.4) is 0 Å². The first-order valence-corrected chi connectivity index (χ1v) is 5.48. The van der Waals surface area contributed by atoms with Gasteiger partial charge in [0, 0.05) is 5.56 Å². The highest BCUT2D eigenvalue weighted by molar-refractivity contribution is 6.69. The number of nitriles is 1. The first-order chi connectivity index (χ1) is 8.31. The number of nitrogens with zero attached hydrogens (tertiary/aromatic N) is 2. The quantitative estimate of drug-likeness (QED) is 0.734. The van der Waals surface area contributed by atoms with Gasteiger partial charge in [0.25, 0.3) is 0 Å². The van der Waals surface area contributed by atoms with E-state index in [-0.39, 0.29) is 0 Å². The second kappa shape index (κ2) is 5.29. The molecule has 0 fully saturated rings. The number of benzene rings is 2. The number of para-hydroxylation sites is 1. The van der Waals surface area contributed by atoms with Crippen molar-refractivity contribution in [2.45, 2.75) is 0 Å². The zero-order valence-corrected chi connectivity index (χ0v) is 9.72. The molecule has 17 heavy (non-hydrogen) atoms. The first kappa shape index (κ1) is 11.4. The van der Waals surface area contributed by atoms with Crippen LogP contribution < -0.4 is 0 Å². The summed E-state index contributed by atoms with van der Waals surface area (Å²) in [5.74, 6) is 0. The van der Waals surface area contributed by atoms with E-state index in [4.69, 9.17) is 16.9 Å². The summed E-state index contributed by atoms with van der Waals surface area (Å²) in [5, 5.41) is 9.32. The molecule has 0 aliphatic rings. The predicted molar refractivity (Wildman–Crippen MR) is 69.6 cm³/mol. The molecule has 2 aromatic rings. The van der Waals surface area contributed by atoms with Gasteiger partial charge in [0.15, 0.2) is 0 Å². The van der Waals surface area contributed by atoms with E-state index < -0.39 is 0 Å². The van der Waals surface area contributed by atoms with Gasteiger partial charge >= 0.3 is 0 Å². The van der Waals surface area contributed by atoms with E-state index in [1.807, 2.05) is 36.4 Å².